The molecule has 0 spiro atoms. The van der Waals surface area contributed by atoms with Crippen molar-refractivity contribution in [3.05, 3.63) is 15.6 Å². The number of thiazole rings is 1. The Hall–Kier alpha value is -1.63. The van der Waals surface area contributed by atoms with E-state index in [-0.39, 0.29) is 5.97 Å². The second-order valence-electron chi connectivity index (χ2n) is 4.78. The third-order valence-corrected chi connectivity index (χ3v) is 4.00. The number of aliphatic imine (C=N–C) groups is 1. The first-order chi connectivity index (χ1) is 10.6. The van der Waals surface area contributed by atoms with Crippen molar-refractivity contribution in [1.29, 1.82) is 0 Å². The molecule has 0 saturated carbocycles. The molecule has 0 aliphatic carbocycles. The van der Waals surface area contributed by atoms with E-state index in [0.717, 1.165) is 29.6 Å². The summed E-state index contributed by atoms with van der Waals surface area (Å²) in [4.78, 5) is 21.5. The van der Waals surface area contributed by atoms with Gasteiger partial charge in [-0.1, -0.05) is 0 Å². The zero-order valence-corrected chi connectivity index (χ0v) is 14.7. The molecule has 22 heavy (non-hydrogen) atoms. The van der Waals surface area contributed by atoms with E-state index >= 15 is 0 Å². The second-order valence-corrected chi connectivity index (χ2v) is 6.07. The van der Waals surface area contributed by atoms with Crippen LogP contribution >= 0.6 is 11.3 Å². The number of carbonyl (C=O) groups is 1. The summed E-state index contributed by atoms with van der Waals surface area (Å²) in [6.07, 6.45) is 1.14. The Morgan fingerprint density at radius 3 is 2.68 bits per heavy atom. The number of esters is 1. The Balaban J connectivity index is 2.40. The van der Waals surface area contributed by atoms with Crippen LogP contribution in [0, 0.1) is 13.8 Å². The number of aryl methyl sites for hydroxylation is 2. The van der Waals surface area contributed by atoms with Gasteiger partial charge in [0.05, 0.1) is 18.8 Å². The van der Waals surface area contributed by atoms with E-state index in [4.69, 9.17) is 4.74 Å². The van der Waals surface area contributed by atoms with Crippen molar-refractivity contribution in [3.63, 3.8) is 0 Å². The molecule has 0 aliphatic heterocycles. The average molecular weight is 326 g/mol. The summed E-state index contributed by atoms with van der Waals surface area (Å²) in [6.45, 7) is 10.4. The number of nitrogens with one attached hydrogen (secondary N) is 2. The van der Waals surface area contributed by atoms with Gasteiger partial charge in [-0.3, -0.25) is 4.79 Å². The smallest absolute Gasteiger partial charge is 0.305 e. The van der Waals surface area contributed by atoms with Crippen LogP contribution in [0.25, 0.3) is 0 Å². The summed E-state index contributed by atoms with van der Waals surface area (Å²) in [6, 6.07) is 0. The molecule has 0 saturated heterocycles. The van der Waals surface area contributed by atoms with Crippen molar-refractivity contribution in [3.8, 4) is 0 Å². The molecule has 124 valence electrons. The number of nitrogens with zero attached hydrogens (tertiary/aromatic N) is 2. The quantitative estimate of drug-likeness (QED) is 0.331. The topological polar surface area (TPSA) is 75.6 Å². The zero-order chi connectivity index (χ0) is 16.4. The first kappa shape index (κ1) is 18.4. The van der Waals surface area contributed by atoms with Gasteiger partial charge in [0, 0.05) is 24.4 Å². The van der Waals surface area contributed by atoms with Crippen molar-refractivity contribution in [2.75, 3.05) is 19.7 Å². The first-order valence-electron chi connectivity index (χ1n) is 7.67. The van der Waals surface area contributed by atoms with E-state index < -0.39 is 0 Å². The fourth-order valence-corrected chi connectivity index (χ4v) is 2.63. The molecule has 0 aliphatic rings. The minimum atomic E-state index is -0.153. The number of aromatic nitrogens is 1. The molecule has 0 radical (unpaired) electrons. The molecule has 0 bridgehead atoms. The van der Waals surface area contributed by atoms with Gasteiger partial charge in [-0.25, -0.2) is 9.98 Å². The highest BCUT2D eigenvalue weighted by Crippen LogP contribution is 2.16. The van der Waals surface area contributed by atoms with E-state index in [1.807, 2.05) is 20.8 Å². The summed E-state index contributed by atoms with van der Waals surface area (Å²) in [5.74, 6) is 0.594. The standard InChI is InChI=1S/C15H26N4O2S/c1-5-16-15(17-9-7-8-14(20)21-6-2)18-10-13-19-11(3)12(4)22-13/h5-10H2,1-4H3,(H2,16,17,18). The van der Waals surface area contributed by atoms with Crippen molar-refractivity contribution in [2.24, 2.45) is 4.99 Å². The van der Waals surface area contributed by atoms with E-state index in [2.05, 4.69) is 27.5 Å². The maximum atomic E-state index is 11.3. The molecule has 0 amide bonds. The molecule has 1 heterocycles. The highest BCUT2D eigenvalue weighted by molar-refractivity contribution is 7.11. The third-order valence-electron chi connectivity index (χ3n) is 2.94. The molecule has 0 atom stereocenters. The highest BCUT2D eigenvalue weighted by Gasteiger charge is 2.04. The Kier molecular flexibility index (Phi) is 8.50. The second kappa shape index (κ2) is 10.2. The van der Waals surface area contributed by atoms with Crippen molar-refractivity contribution in [1.82, 2.24) is 15.6 Å². The normalized spacial score (nSPS) is 11.4. The Labute approximate surface area is 136 Å². The fourth-order valence-electron chi connectivity index (χ4n) is 1.77. The molecular formula is C15H26N4O2S. The molecule has 0 unspecified atom stereocenters. The Bertz CT molecular complexity index is 480. The molecule has 1 aromatic heterocycles. The van der Waals surface area contributed by atoms with E-state index in [0.29, 0.717) is 26.1 Å². The number of hydrogen-bond donors (Lipinski definition) is 2. The van der Waals surface area contributed by atoms with Crippen LogP contribution in [0.5, 0.6) is 0 Å². The lowest BCUT2D eigenvalue weighted by molar-refractivity contribution is -0.143. The minimum absolute atomic E-state index is 0.153. The fraction of sp³-hybridized carbons (Fsp3) is 0.667. The van der Waals surface area contributed by atoms with E-state index in [1.54, 1.807) is 11.3 Å². The van der Waals surface area contributed by atoms with Gasteiger partial charge in [-0.15, -0.1) is 11.3 Å². The SMILES string of the molecule is CCNC(=NCc1nc(C)c(C)s1)NCCCC(=O)OCC. The average Bonchev–Trinajstić information content (AvgIpc) is 2.80. The monoisotopic (exact) mass is 326 g/mol. The van der Waals surface area contributed by atoms with Crippen LogP contribution in [0.3, 0.4) is 0 Å². The van der Waals surface area contributed by atoms with Crippen LogP contribution < -0.4 is 10.6 Å². The van der Waals surface area contributed by atoms with Gasteiger partial charge in [0.1, 0.15) is 5.01 Å². The first-order valence-corrected chi connectivity index (χ1v) is 8.49. The minimum Gasteiger partial charge on any atom is -0.466 e. The van der Waals surface area contributed by atoms with Crippen LogP contribution in [0.1, 0.15) is 42.3 Å². The summed E-state index contributed by atoms with van der Waals surface area (Å²) in [7, 11) is 0. The number of guanidine groups is 1. The van der Waals surface area contributed by atoms with Crippen LogP contribution in [-0.2, 0) is 16.1 Å². The summed E-state index contributed by atoms with van der Waals surface area (Å²) >= 11 is 1.68. The van der Waals surface area contributed by atoms with Crippen LogP contribution in [0.2, 0.25) is 0 Å². The largest absolute Gasteiger partial charge is 0.466 e. The van der Waals surface area contributed by atoms with E-state index in [9.17, 15) is 4.79 Å². The van der Waals surface area contributed by atoms with E-state index in [1.165, 1.54) is 4.88 Å². The maximum Gasteiger partial charge on any atom is 0.305 e. The van der Waals surface area contributed by atoms with Gasteiger partial charge in [0.15, 0.2) is 5.96 Å². The van der Waals surface area contributed by atoms with Gasteiger partial charge in [-0.05, 0) is 34.1 Å². The molecule has 6 nitrogen and oxygen atoms in total. The predicted molar refractivity (Wildman–Crippen MR) is 90.3 cm³/mol. The molecular weight excluding hydrogens is 300 g/mol. The number of hydrogen-bond acceptors (Lipinski definition) is 5. The number of ether oxygens (including phenoxy) is 1. The third kappa shape index (κ3) is 6.89. The zero-order valence-electron chi connectivity index (χ0n) is 13.9. The number of carbonyl (C=O) groups excluding carboxylic acids is 1. The highest BCUT2D eigenvalue weighted by atomic mass is 32.1. The number of rotatable bonds is 8. The lowest BCUT2D eigenvalue weighted by Crippen LogP contribution is -2.37. The Morgan fingerprint density at radius 2 is 2.09 bits per heavy atom. The van der Waals surface area contributed by atoms with Gasteiger partial charge < -0.3 is 15.4 Å². The van der Waals surface area contributed by atoms with Gasteiger partial charge in [0.2, 0.25) is 0 Å². The predicted octanol–water partition coefficient (Wildman–Crippen LogP) is 2.16. The summed E-state index contributed by atoms with van der Waals surface area (Å²) in [5, 5.41) is 7.42. The van der Waals surface area contributed by atoms with Gasteiger partial charge in [0.25, 0.3) is 0 Å². The van der Waals surface area contributed by atoms with Crippen molar-refractivity contribution in [2.45, 2.75) is 47.1 Å². The van der Waals surface area contributed by atoms with Crippen LogP contribution in [-0.4, -0.2) is 36.6 Å². The molecule has 7 heteroatoms. The molecule has 2 N–H and O–H groups in total. The lowest BCUT2D eigenvalue weighted by Gasteiger charge is -2.10. The van der Waals surface area contributed by atoms with Gasteiger partial charge in [-0.2, -0.15) is 0 Å². The maximum absolute atomic E-state index is 11.3. The Morgan fingerprint density at radius 1 is 1.32 bits per heavy atom. The van der Waals surface area contributed by atoms with Gasteiger partial charge >= 0.3 is 5.97 Å². The summed E-state index contributed by atoms with van der Waals surface area (Å²) < 4.78 is 4.90. The van der Waals surface area contributed by atoms with Crippen LogP contribution in [0.4, 0.5) is 0 Å². The molecule has 1 aromatic rings. The molecule has 0 aromatic carbocycles. The molecule has 1 rings (SSSR count). The lowest BCUT2D eigenvalue weighted by atomic mass is 10.3. The van der Waals surface area contributed by atoms with Crippen molar-refractivity contribution >= 4 is 23.3 Å². The summed E-state index contributed by atoms with van der Waals surface area (Å²) in [5.41, 5.74) is 1.07. The van der Waals surface area contributed by atoms with Crippen molar-refractivity contribution < 1.29 is 9.53 Å². The van der Waals surface area contributed by atoms with Crippen LogP contribution in [0.15, 0.2) is 4.99 Å². The molecule has 0 fully saturated rings.